The van der Waals surface area contributed by atoms with Crippen LogP contribution in [0.15, 0.2) is 0 Å². The summed E-state index contributed by atoms with van der Waals surface area (Å²) >= 11 is 0. The third-order valence-corrected chi connectivity index (χ3v) is 10.5. The van der Waals surface area contributed by atoms with Crippen molar-refractivity contribution in [3.63, 3.8) is 0 Å². The van der Waals surface area contributed by atoms with Crippen molar-refractivity contribution in [2.24, 2.45) is 0 Å². The Morgan fingerprint density at radius 1 is 0.808 bits per heavy atom. The number of unbranched alkanes of at least 4 members (excludes halogenated alkanes) is 12. The molecule has 1 fully saturated rings. The molecule has 1 aliphatic heterocycles. The van der Waals surface area contributed by atoms with E-state index in [1.165, 1.54) is 77.7 Å². The molecule has 7 atom stereocenters. The molecule has 0 aromatic carbocycles. The van der Waals surface area contributed by atoms with E-state index in [9.17, 15) is 24.2 Å². The molecule has 0 bridgehead atoms. The van der Waals surface area contributed by atoms with Crippen LogP contribution in [0.1, 0.15) is 171 Å². The van der Waals surface area contributed by atoms with E-state index in [2.05, 4.69) is 17.6 Å². The van der Waals surface area contributed by atoms with Crippen LogP contribution in [0.5, 0.6) is 0 Å². The van der Waals surface area contributed by atoms with E-state index in [0.29, 0.717) is 19.4 Å². The Hall–Kier alpha value is -1.11. The Kier molecular flexibility index (Phi) is 24.3. The smallest absolute Gasteiger partial charge is 0.473 e. The van der Waals surface area contributed by atoms with E-state index in [-0.39, 0.29) is 31.4 Å². The fourth-order valence-corrected chi connectivity index (χ4v) is 7.80. The highest BCUT2D eigenvalue weighted by atomic mass is 31.2. The molecule has 0 saturated carbocycles. The number of amides is 1. The minimum absolute atomic E-state index is 0.0576. The van der Waals surface area contributed by atoms with Gasteiger partial charge in [0.1, 0.15) is 24.4 Å². The molecular weight excluding hydrogens is 687 g/mol. The van der Waals surface area contributed by atoms with Crippen LogP contribution in [0.4, 0.5) is 0 Å². The zero-order valence-corrected chi connectivity index (χ0v) is 35.1. The van der Waals surface area contributed by atoms with Crippen molar-refractivity contribution < 1.29 is 47.4 Å². The van der Waals surface area contributed by atoms with Crippen LogP contribution < -0.4 is 10.6 Å². The molecular formula is C39H77N2O10P. The maximum absolute atomic E-state index is 12.9. The molecule has 308 valence electrons. The molecule has 12 nitrogen and oxygen atoms in total. The normalized spacial score (nSPS) is 21.9. The lowest BCUT2D eigenvalue weighted by atomic mass is 10.0. The number of ether oxygens (including phenoxy) is 3. The Labute approximate surface area is 316 Å². The van der Waals surface area contributed by atoms with Crippen LogP contribution in [-0.2, 0) is 37.4 Å². The van der Waals surface area contributed by atoms with Gasteiger partial charge < -0.3 is 34.8 Å². The number of methoxy groups -OCH3 is 1. The minimum Gasteiger partial charge on any atom is -0.480 e. The van der Waals surface area contributed by atoms with Crippen LogP contribution in [0, 0.1) is 0 Å². The number of phosphoric ester groups is 1. The second-order valence-corrected chi connectivity index (χ2v) is 17.9. The summed E-state index contributed by atoms with van der Waals surface area (Å²) in [5, 5.41) is 15.9. The summed E-state index contributed by atoms with van der Waals surface area (Å²) in [7, 11) is -2.96. The van der Waals surface area contributed by atoms with E-state index < -0.39 is 55.5 Å². The van der Waals surface area contributed by atoms with Crippen molar-refractivity contribution in [3.05, 3.63) is 0 Å². The van der Waals surface area contributed by atoms with E-state index in [1.807, 2.05) is 27.7 Å². The summed E-state index contributed by atoms with van der Waals surface area (Å²) in [5.41, 5.74) is -1.38. The molecule has 4 N–H and O–H groups in total. The number of carbonyl (C=O) groups is 2. The average Bonchev–Trinajstić information content (AvgIpc) is 3.35. The number of rotatable bonds is 30. The van der Waals surface area contributed by atoms with Gasteiger partial charge >= 0.3 is 13.8 Å². The largest absolute Gasteiger partial charge is 0.480 e. The van der Waals surface area contributed by atoms with Gasteiger partial charge in [0.25, 0.3) is 0 Å². The van der Waals surface area contributed by atoms with Gasteiger partial charge in [0.05, 0.1) is 23.9 Å². The molecule has 1 aliphatic rings. The molecule has 1 amide bonds. The number of hydrogen-bond acceptors (Lipinski definition) is 9. The van der Waals surface area contributed by atoms with Gasteiger partial charge in [-0.15, -0.1) is 0 Å². The second kappa shape index (κ2) is 25.9. The molecule has 2 unspecified atom stereocenters. The predicted molar refractivity (Wildman–Crippen MR) is 207 cm³/mol. The highest BCUT2D eigenvalue weighted by Gasteiger charge is 2.49. The van der Waals surface area contributed by atoms with Gasteiger partial charge in [-0.2, -0.15) is 0 Å². The van der Waals surface area contributed by atoms with Gasteiger partial charge in [-0.3, -0.25) is 18.6 Å². The molecule has 0 spiro atoms. The lowest BCUT2D eigenvalue weighted by Gasteiger charge is -2.29. The highest BCUT2D eigenvalue weighted by molar-refractivity contribution is 7.47. The maximum atomic E-state index is 12.9. The fourth-order valence-electron chi connectivity index (χ4n) is 6.50. The van der Waals surface area contributed by atoms with Crippen molar-refractivity contribution in [2.75, 3.05) is 20.3 Å². The molecule has 13 heteroatoms. The van der Waals surface area contributed by atoms with Crippen LogP contribution in [0.3, 0.4) is 0 Å². The Morgan fingerprint density at radius 2 is 1.37 bits per heavy atom. The summed E-state index contributed by atoms with van der Waals surface area (Å²) < 4.78 is 41.6. The third-order valence-electron chi connectivity index (χ3n) is 9.18. The van der Waals surface area contributed by atoms with Gasteiger partial charge in [-0.1, -0.05) is 90.4 Å². The van der Waals surface area contributed by atoms with Gasteiger partial charge in [-0.05, 0) is 74.1 Å². The van der Waals surface area contributed by atoms with Gasteiger partial charge in [0, 0.05) is 26.1 Å². The molecule has 0 radical (unpaired) electrons. The first kappa shape index (κ1) is 48.9. The lowest BCUT2D eigenvalue weighted by Crippen LogP contribution is -2.42. The number of carboxylic acid groups (broad SMARTS) is 1. The number of phosphoric acid groups is 1. The van der Waals surface area contributed by atoms with Crippen LogP contribution in [0.2, 0.25) is 0 Å². The molecule has 1 rings (SSSR count). The summed E-state index contributed by atoms with van der Waals surface area (Å²) in [4.78, 5) is 35.1. The summed E-state index contributed by atoms with van der Waals surface area (Å²) in [6.45, 7) is 15.4. The number of aliphatic carboxylic acids is 1. The predicted octanol–water partition coefficient (Wildman–Crippen LogP) is 8.47. The van der Waals surface area contributed by atoms with E-state index in [4.69, 9.17) is 23.3 Å². The lowest BCUT2D eigenvalue weighted by molar-refractivity contribution is -0.140. The van der Waals surface area contributed by atoms with Crippen LogP contribution >= 0.6 is 7.82 Å². The zero-order chi connectivity index (χ0) is 39.2. The van der Waals surface area contributed by atoms with Crippen molar-refractivity contribution in [1.29, 1.82) is 0 Å². The van der Waals surface area contributed by atoms with E-state index >= 15 is 0 Å². The van der Waals surface area contributed by atoms with Gasteiger partial charge in [-0.25, -0.2) is 4.57 Å². The Morgan fingerprint density at radius 3 is 1.87 bits per heavy atom. The average molecular weight is 765 g/mol. The van der Waals surface area contributed by atoms with Crippen molar-refractivity contribution in [2.45, 2.75) is 219 Å². The number of carboxylic acids is 1. The van der Waals surface area contributed by atoms with Crippen molar-refractivity contribution in [1.82, 2.24) is 10.6 Å². The minimum atomic E-state index is -4.46. The van der Waals surface area contributed by atoms with Crippen molar-refractivity contribution >= 4 is 19.7 Å². The van der Waals surface area contributed by atoms with Crippen molar-refractivity contribution in [3.8, 4) is 0 Å². The first-order valence-corrected chi connectivity index (χ1v) is 21.7. The first-order chi connectivity index (χ1) is 24.4. The Balaban J connectivity index is 2.42. The van der Waals surface area contributed by atoms with Gasteiger partial charge in [0.15, 0.2) is 0 Å². The van der Waals surface area contributed by atoms with Crippen LogP contribution in [0.25, 0.3) is 0 Å². The molecule has 1 heterocycles. The highest BCUT2D eigenvalue weighted by Crippen LogP contribution is 2.51. The SMILES string of the molecule is CCCCCCCCCCCCCCCC(C)N[C@@H](CCC(=O)NCCC[C@@H]1O[C@H](COC(C)(C)C)[C@@H](OP(=O)(O)OC(C)(C)C)[C@H]1OC)C(=O)O. The Bertz CT molecular complexity index is 1020. The van der Waals surface area contributed by atoms with E-state index in [1.54, 1.807) is 20.8 Å². The monoisotopic (exact) mass is 765 g/mol. The summed E-state index contributed by atoms with van der Waals surface area (Å²) in [5.74, 6) is -1.16. The quantitative estimate of drug-likeness (QED) is 0.0410. The standard InChI is InChI=1S/C39H77N2O10P/c1-10-11-12-13-14-15-16-17-18-19-20-21-22-24-30(2)41-31(37(43)44)26-27-34(42)40-28-23-25-32-35(47-9)36(33(49-32)29-48-38(3,4)5)50-52(45,46)51-39(6,7)8/h30-33,35-36,41H,10-29H2,1-9H3,(H,40,42)(H,43,44)(H,45,46)/t30?,31-,32-,33+,35-,36+/m0/s1. The topological polar surface area (TPSA) is 162 Å². The molecule has 0 aromatic rings. The fraction of sp³-hybridized carbons (Fsp3) is 0.949. The third kappa shape index (κ3) is 23.6. The number of carbonyl (C=O) groups excluding carboxylic acids is 1. The summed E-state index contributed by atoms with van der Waals surface area (Å²) in [6.07, 6.45) is 16.4. The second-order valence-electron chi connectivity index (χ2n) is 16.6. The van der Waals surface area contributed by atoms with Gasteiger partial charge in [0.2, 0.25) is 5.91 Å². The summed E-state index contributed by atoms with van der Waals surface area (Å²) in [6, 6.07) is -0.728. The molecule has 0 aliphatic carbocycles. The first-order valence-electron chi connectivity index (χ1n) is 20.2. The van der Waals surface area contributed by atoms with E-state index in [0.717, 1.165) is 19.3 Å². The van der Waals surface area contributed by atoms with Crippen LogP contribution in [-0.4, -0.2) is 89.8 Å². The molecule has 52 heavy (non-hydrogen) atoms. The number of nitrogens with one attached hydrogen (secondary N) is 2. The molecule has 1 saturated heterocycles. The number of hydrogen-bond donors (Lipinski definition) is 4. The maximum Gasteiger partial charge on any atom is 0.473 e. The zero-order valence-electron chi connectivity index (χ0n) is 34.2. The molecule has 0 aromatic heterocycles.